The highest BCUT2D eigenvalue weighted by molar-refractivity contribution is 6.05. The van der Waals surface area contributed by atoms with E-state index >= 15 is 0 Å². The maximum absolute atomic E-state index is 12.6. The predicted molar refractivity (Wildman–Crippen MR) is 91.9 cm³/mol. The van der Waals surface area contributed by atoms with Gasteiger partial charge in [-0.3, -0.25) is 9.59 Å². The summed E-state index contributed by atoms with van der Waals surface area (Å²) in [6.07, 6.45) is -2.68. The van der Waals surface area contributed by atoms with Gasteiger partial charge in [-0.1, -0.05) is 6.07 Å². The first kappa shape index (κ1) is 18.0. The molecule has 136 valence electrons. The second-order valence-corrected chi connectivity index (χ2v) is 6.32. The summed E-state index contributed by atoms with van der Waals surface area (Å²) in [4.78, 5) is 24.1. The largest absolute Gasteiger partial charge is 0.416 e. The Hall–Kier alpha value is -2.83. The molecule has 0 bridgehead atoms. The maximum Gasteiger partial charge on any atom is 0.416 e. The average Bonchev–Trinajstić information content (AvgIpc) is 3.42. The van der Waals surface area contributed by atoms with Crippen molar-refractivity contribution in [2.75, 3.05) is 10.6 Å². The van der Waals surface area contributed by atoms with E-state index in [2.05, 4.69) is 10.6 Å². The number of halogens is 3. The molecular weight excluding hydrogens is 345 g/mol. The number of alkyl halides is 3. The Kier molecular flexibility index (Phi) is 4.71. The van der Waals surface area contributed by atoms with Crippen LogP contribution in [0.3, 0.4) is 0 Å². The third-order valence-electron chi connectivity index (χ3n) is 4.18. The molecule has 0 saturated heterocycles. The lowest BCUT2D eigenvalue weighted by molar-refractivity contribution is -0.137. The summed E-state index contributed by atoms with van der Waals surface area (Å²) in [5.41, 5.74) is 1.13. The Morgan fingerprint density at radius 1 is 1.00 bits per heavy atom. The summed E-state index contributed by atoms with van der Waals surface area (Å²) in [5, 5.41) is 5.47. The third kappa shape index (κ3) is 4.22. The molecule has 3 rings (SSSR count). The lowest BCUT2D eigenvalue weighted by atomic mass is 10.1. The molecule has 2 aromatic rings. The molecule has 7 heteroatoms. The molecule has 0 spiro atoms. The van der Waals surface area contributed by atoms with Crippen molar-refractivity contribution in [1.82, 2.24) is 0 Å². The summed E-state index contributed by atoms with van der Waals surface area (Å²) < 4.78 is 37.8. The van der Waals surface area contributed by atoms with Gasteiger partial charge in [-0.05, 0) is 61.7 Å². The number of nitrogens with one attached hydrogen (secondary N) is 2. The minimum Gasteiger partial charge on any atom is -0.326 e. The highest BCUT2D eigenvalue weighted by atomic mass is 19.4. The fourth-order valence-corrected chi connectivity index (χ4v) is 2.43. The van der Waals surface area contributed by atoms with Crippen LogP contribution in [0, 0.1) is 12.8 Å². The van der Waals surface area contributed by atoms with Crippen LogP contribution >= 0.6 is 0 Å². The zero-order valence-electron chi connectivity index (χ0n) is 14.0. The highest BCUT2D eigenvalue weighted by Gasteiger charge is 2.30. The number of hydrogen-bond acceptors (Lipinski definition) is 2. The van der Waals surface area contributed by atoms with E-state index in [0.717, 1.165) is 42.7 Å². The van der Waals surface area contributed by atoms with Crippen molar-refractivity contribution in [1.29, 1.82) is 0 Å². The van der Waals surface area contributed by atoms with E-state index in [4.69, 9.17) is 0 Å². The van der Waals surface area contributed by atoms with Crippen LogP contribution in [0.1, 0.15) is 34.3 Å². The summed E-state index contributed by atoms with van der Waals surface area (Å²) in [7, 11) is 0. The van der Waals surface area contributed by atoms with Crippen molar-refractivity contribution in [3.63, 3.8) is 0 Å². The number of carbonyl (C=O) groups is 2. The SMILES string of the molecule is Cc1ccc(NC(=O)C2CC2)cc1NC(=O)c1ccc(C(F)(F)F)cc1. The molecular formula is C19H17F3N2O2. The monoisotopic (exact) mass is 362 g/mol. The number of carbonyl (C=O) groups excluding carboxylic acids is 2. The zero-order valence-corrected chi connectivity index (χ0v) is 14.0. The van der Waals surface area contributed by atoms with E-state index in [1.807, 2.05) is 0 Å². The van der Waals surface area contributed by atoms with Crippen molar-refractivity contribution in [2.45, 2.75) is 25.9 Å². The van der Waals surface area contributed by atoms with E-state index in [9.17, 15) is 22.8 Å². The molecule has 0 aromatic heterocycles. The van der Waals surface area contributed by atoms with Gasteiger partial charge in [-0.2, -0.15) is 13.2 Å². The Labute approximate surface area is 148 Å². The number of anilines is 2. The first-order valence-corrected chi connectivity index (χ1v) is 8.14. The third-order valence-corrected chi connectivity index (χ3v) is 4.18. The quantitative estimate of drug-likeness (QED) is 0.834. The minimum atomic E-state index is -4.44. The molecule has 2 amide bonds. The second kappa shape index (κ2) is 6.82. The minimum absolute atomic E-state index is 0.0473. The fourth-order valence-electron chi connectivity index (χ4n) is 2.43. The van der Waals surface area contributed by atoms with Crippen molar-refractivity contribution < 1.29 is 22.8 Å². The van der Waals surface area contributed by atoms with E-state index in [-0.39, 0.29) is 17.4 Å². The van der Waals surface area contributed by atoms with Gasteiger partial charge in [0.1, 0.15) is 0 Å². The van der Waals surface area contributed by atoms with Gasteiger partial charge >= 0.3 is 6.18 Å². The molecule has 0 heterocycles. The van der Waals surface area contributed by atoms with Crippen LogP contribution in [-0.2, 0) is 11.0 Å². The molecule has 26 heavy (non-hydrogen) atoms. The molecule has 0 radical (unpaired) electrons. The molecule has 4 nitrogen and oxygen atoms in total. The highest BCUT2D eigenvalue weighted by Crippen LogP contribution is 2.31. The molecule has 2 N–H and O–H groups in total. The summed E-state index contributed by atoms with van der Waals surface area (Å²) >= 11 is 0. The van der Waals surface area contributed by atoms with Gasteiger partial charge in [0, 0.05) is 22.9 Å². The molecule has 0 aliphatic heterocycles. The van der Waals surface area contributed by atoms with E-state index in [0.29, 0.717) is 11.4 Å². The Balaban J connectivity index is 1.72. The van der Waals surface area contributed by atoms with Gasteiger partial charge in [0.05, 0.1) is 5.56 Å². The van der Waals surface area contributed by atoms with Crippen LogP contribution in [0.5, 0.6) is 0 Å². The van der Waals surface area contributed by atoms with Crippen LogP contribution in [0.2, 0.25) is 0 Å². The molecule has 1 aliphatic rings. The van der Waals surface area contributed by atoms with E-state index in [1.165, 1.54) is 0 Å². The van der Waals surface area contributed by atoms with Crippen LogP contribution in [0.25, 0.3) is 0 Å². The van der Waals surface area contributed by atoms with Crippen LogP contribution < -0.4 is 10.6 Å². The van der Waals surface area contributed by atoms with Gasteiger partial charge in [-0.25, -0.2) is 0 Å². The molecule has 1 aliphatic carbocycles. The number of aryl methyl sites for hydroxylation is 1. The number of benzene rings is 2. The topological polar surface area (TPSA) is 58.2 Å². The lowest BCUT2D eigenvalue weighted by Gasteiger charge is -2.12. The van der Waals surface area contributed by atoms with Crippen molar-refractivity contribution in [2.24, 2.45) is 5.92 Å². The van der Waals surface area contributed by atoms with Gasteiger partial charge < -0.3 is 10.6 Å². The normalized spacial score (nSPS) is 14.0. The smallest absolute Gasteiger partial charge is 0.326 e. The average molecular weight is 362 g/mol. The van der Waals surface area contributed by atoms with Crippen LogP contribution in [0.4, 0.5) is 24.5 Å². The van der Waals surface area contributed by atoms with Crippen molar-refractivity contribution >= 4 is 23.2 Å². The molecule has 0 atom stereocenters. The zero-order chi connectivity index (χ0) is 18.9. The first-order chi connectivity index (χ1) is 12.2. The van der Waals surface area contributed by atoms with Crippen LogP contribution in [-0.4, -0.2) is 11.8 Å². The first-order valence-electron chi connectivity index (χ1n) is 8.14. The molecule has 1 fully saturated rings. The predicted octanol–water partition coefficient (Wildman–Crippen LogP) is 4.61. The van der Waals surface area contributed by atoms with Gasteiger partial charge in [-0.15, -0.1) is 0 Å². The Bertz CT molecular complexity index is 841. The van der Waals surface area contributed by atoms with E-state index < -0.39 is 17.6 Å². The lowest BCUT2D eigenvalue weighted by Crippen LogP contribution is -2.15. The van der Waals surface area contributed by atoms with Crippen molar-refractivity contribution in [3.05, 3.63) is 59.2 Å². The second-order valence-electron chi connectivity index (χ2n) is 6.32. The Morgan fingerprint density at radius 3 is 2.23 bits per heavy atom. The van der Waals surface area contributed by atoms with Crippen LogP contribution in [0.15, 0.2) is 42.5 Å². The number of rotatable bonds is 4. The summed E-state index contributed by atoms with van der Waals surface area (Å²) in [5.74, 6) is -0.511. The van der Waals surface area contributed by atoms with Gasteiger partial charge in [0.25, 0.3) is 5.91 Å². The van der Waals surface area contributed by atoms with Crippen molar-refractivity contribution in [3.8, 4) is 0 Å². The number of amides is 2. The molecule has 0 unspecified atom stereocenters. The molecule has 2 aromatic carbocycles. The number of hydrogen-bond donors (Lipinski definition) is 2. The standard InChI is InChI=1S/C19H17F3N2O2/c1-11-2-9-15(23-17(25)12-3-4-12)10-16(11)24-18(26)13-5-7-14(8-6-13)19(20,21)22/h2,5-10,12H,3-4H2,1H3,(H,23,25)(H,24,26). The van der Waals surface area contributed by atoms with E-state index in [1.54, 1.807) is 25.1 Å². The molecule has 1 saturated carbocycles. The summed E-state index contributed by atoms with van der Waals surface area (Å²) in [6.45, 7) is 1.79. The summed E-state index contributed by atoms with van der Waals surface area (Å²) in [6, 6.07) is 9.13. The van der Waals surface area contributed by atoms with Gasteiger partial charge in [0.2, 0.25) is 5.91 Å². The fraction of sp³-hybridized carbons (Fsp3) is 0.263. The maximum atomic E-state index is 12.6. The van der Waals surface area contributed by atoms with Gasteiger partial charge in [0.15, 0.2) is 0 Å². The Morgan fingerprint density at radius 2 is 1.65 bits per heavy atom.